The van der Waals surface area contributed by atoms with Crippen molar-refractivity contribution in [1.29, 1.82) is 0 Å². The lowest BCUT2D eigenvalue weighted by Crippen LogP contribution is -2.20. The molecule has 9 heteroatoms. The number of hydrogen-bond acceptors (Lipinski definition) is 4. The van der Waals surface area contributed by atoms with E-state index in [0.717, 1.165) is 11.3 Å². The van der Waals surface area contributed by atoms with Crippen molar-refractivity contribution in [2.75, 3.05) is 4.72 Å². The lowest BCUT2D eigenvalue weighted by Gasteiger charge is -2.01. The molecule has 0 saturated heterocycles. The molecule has 1 heterocycles. The summed E-state index contributed by atoms with van der Waals surface area (Å²) in [4.78, 5) is 3.53. The molecule has 0 unspecified atom stereocenters. The Morgan fingerprint density at radius 1 is 1.62 bits per heavy atom. The van der Waals surface area contributed by atoms with Crippen LogP contribution in [0.4, 0.5) is 13.9 Å². The first-order valence-electron chi connectivity index (χ1n) is 2.83. The van der Waals surface area contributed by atoms with Crippen LogP contribution in [0.25, 0.3) is 0 Å². The maximum absolute atomic E-state index is 11.8. The molecule has 1 aromatic heterocycles. The Bertz CT molecular complexity index is 391. The molecule has 0 amide bonds. The van der Waals surface area contributed by atoms with Gasteiger partial charge in [-0.3, -0.25) is 4.72 Å². The Balaban J connectivity index is 2.81. The van der Waals surface area contributed by atoms with E-state index >= 15 is 0 Å². The van der Waals surface area contributed by atoms with Crippen molar-refractivity contribution in [3.05, 3.63) is 9.98 Å². The fourth-order valence-corrected chi connectivity index (χ4v) is 2.33. The van der Waals surface area contributed by atoms with Crippen molar-refractivity contribution < 1.29 is 17.2 Å². The summed E-state index contributed by atoms with van der Waals surface area (Å²) in [6, 6.07) is 0. The van der Waals surface area contributed by atoms with Gasteiger partial charge in [-0.15, -0.1) is 0 Å². The van der Waals surface area contributed by atoms with Crippen molar-refractivity contribution in [2.24, 2.45) is 0 Å². The molecule has 74 valence electrons. The van der Waals surface area contributed by atoms with E-state index in [1.54, 1.807) is 4.72 Å². The van der Waals surface area contributed by atoms with Gasteiger partial charge in [0.15, 0.2) is 5.13 Å². The Hall–Kier alpha value is -0.280. The third-order valence-electron chi connectivity index (χ3n) is 0.942. The summed E-state index contributed by atoms with van der Waals surface area (Å²) >= 11 is 3.92. The smallest absolute Gasteiger partial charge is 0.254 e. The average Bonchev–Trinajstić information content (AvgIpc) is 2.34. The molecule has 0 bridgehead atoms. The molecule has 0 radical (unpaired) electrons. The van der Waals surface area contributed by atoms with E-state index in [-0.39, 0.29) is 5.13 Å². The second kappa shape index (κ2) is 3.84. The maximum atomic E-state index is 11.8. The van der Waals surface area contributed by atoms with Gasteiger partial charge in [-0.05, 0) is 15.9 Å². The molecule has 0 aromatic carbocycles. The van der Waals surface area contributed by atoms with Crippen molar-refractivity contribution in [2.45, 2.75) is 5.76 Å². The second-order valence-corrected chi connectivity index (χ2v) is 5.94. The van der Waals surface area contributed by atoms with Crippen molar-refractivity contribution >= 4 is 42.4 Å². The highest BCUT2D eigenvalue weighted by Crippen LogP contribution is 2.24. The zero-order valence-corrected chi connectivity index (χ0v) is 9.09. The number of sulfonamides is 1. The Morgan fingerprint density at radius 3 is 2.62 bits per heavy atom. The lowest BCUT2D eigenvalue weighted by molar-refractivity contribution is 0.236. The highest BCUT2D eigenvalue weighted by Gasteiger charge is 2.24. The van der Waals surface area contributed by atoms with Gasteiger partial charge >= 0.3 is 5.76 Å². The Morgan fingerprint density at radius 2 is 2.23 bits per heavy atom. The van der Waals surface area contributed by atoms with Crippen molar-refractivity contribution in [1.82, 2.24) is 4.98 Å². The van der Waals surface area contributed by atoms with E-state index in [2.05, 4.69) is 20.9 Å². The molecule has 1 aromatic rings. The van der Waals surface area contributed by atoms with Crippen LogP contribution in [0.2, 0.25) is 0 Å². The van der Waals surface area contributed by atoms with Crippen molar-refractivity contribution in [3.63, 3.8) is 0 Å². The molecule has 0 aliphatic heterocycles. The monoisotopic (exact) mass is 292 g/mol. The van der Waals surface area contributed by atoms with Gasteiger partial charge in [0.25, 0.3) is 10.0 Å². The molecule has 4 nitrogen and oxygen atoms in total. The van der Waals surface area contributed by atoms with Crippen LogP contribution in [-0.4, -0.2) is 19.2 Å². The van der Waals surface area contributed by atoms with E-state index in [1.165, 1.54) is 6.20 Å². The van der Waals surface area contributed by atoms with Gasteiger partial charge in [0.1, 0.15) is 0 Å². The van der Waals surface area contributed by atoms with Crippen LogP contribution in [0.1, 0.15) is 0 Å². The highest BCUT2D eigenvalue weighted by atomic mass is 79.9. The van der Waals surface area contributed by atoms with Crippen molar-refractivity contribution in [3.8, 4) is 0 Å². The third kappa shape index (κ3) is 2.85. The van der Waals surface area contributed by atoms with Gasteiger partial charge in [-0.2, -0.15) is 8.78 Å². The summed E-state index contributed by atoms with van der Waals surface area (Å²) in [5, 5.41) is -0.0906. The topological polar surface area (TPSA) is 59.1 Å². The van der Waals surface area contributed by atoms with E-state index in [1.807, 2.05) is 0 Å². The molecule has 0 atom stereocenters. The molecule has 1 rings (SSSR count). The molecule has 13 heavy (non-hydrogen) atoms. The van der Waals surface area contributed by atoms with Crippen LogP contribution in [0, 0.1) is 0 Å². The van der Waals surface area contributed by atoms with Gasteiger partial charge in [0.2, 0.25) is 0 Å². The van der Waals surface area contributed by atoms with E-state index < -0.39 is 15.8 Å². The van der Waals surface area contributed by atoms with Crippen LogP contribution in [0.3, 0.4) is 0 Å². The molecule has 0 saturated carbocycles. The summed E-state index contributed by atoms with van der Waals surface area (Å²) in [5.74, 6) is -3.45. The minimum atomic E-state index is -4.59. The first kappa shape index (κ1) is 10.8. The molecule has 0 aliphatic rings. The van der Waals surface area contributed by atoms with Gasteiger partial charge in [0, 0.05) is 0 Å². The predicted octanol–water partition coefficient (Wildman–Crippen LogP) is 1.87. The number of thiazole rings is 1. The quantitative estimate of drug-likeness (QED) is 0.925. The minimum absolute atomic E-state index is 0.0906. The largest absolute Gasteiger partial charge is 0.355 e. The van der Waals surface area contributed by atoms with Gasteiger partial charge in [-0.25, -0.2) is 13.4 Å². The average molecular weight is 293 g/mol. The molecular weight excluding hydrogens is 290 g/mol. The molecule has 0 aliphatic carbocycles. The SMILES string of the molecule is O=S(=O)(Nc1ncc(Br)s1)C(F)F. The standard InChI is InChI=1S/C4H3BrF2N2O2S2/c5-2-1-8-4(12-2)9-13(10,11)3(6)7/h1,3H,(H,8,9). The molecule has 0 spiro atoms. The van der Waals surface area contributed by atoms with Gasteiger partial charge in [0.05, 0.1) is 9.98 Å². The second-order valence-electron chi connectivity index (χ2n) is 1.88. The minimum Gasteiger partial charge on any atom is -0.254 e. The first-order chi connectivity index (χ1) is 5.92. The molecule has 1 N–H and O–H groups in total. The zero-order chi connectivity index (χ0) is 10.1. The summed E-state index contributed by atoms with van der Waals surface area (Å²) in [6.07, 6.45) is 1.31. The van der Waals surface area contributed by atoms with Crippen LogP contribution >= 0.6 is 27.3 Å². The van der Waals surface area contributed by atoms with E-state index in [0.29, 0.717) is 3.79 Å². The number of nitrogens with one attached hydrogen (secondary N) is 1. The van der Waals surface area contributed by atoms with Gasteiger partial charge in [-0.1, -0.05) is 11.3 Å². The van der Waals surface area contributed by atoms with Crippen LogP contribution in [0.15, 0.2) is 9.98 Å². The number of anilines is 1. The van der Waals surface area contributed by atoms with E-state index in [9.17, 15) is 17.2 Å². The number of hydrogen-bond donors (Lipinski definition) is 1. The fourth-order valence-electron chi connectivity index (χ4n) is 0.468. The molecular formula is C4H3BrF2N2O2S2. The number of rotatable bonds is 3. The maximum Gasteiger partial charge on any atom is 0.355 e. The summed E-state index contributed by atoms with van der Waals surface area (Å²) in [6.45, 7) is 0. The van der Waals surface area contributed by atoms with Crippen LogP contribution in [0.5, 0.6) is 0 Å². The highest BCUT2D eigenvalue weighted by molar-refractivity contribution is 9.11. The number of halogens is 3. The zero-order valence-electron chi connectivity index (χ0n) is 5.87. The number of aromatic nitrogens is 1. The summed E-state index contributed by atoms with van der Waals surface area (Å²) < 4.78 is 47.0. The molecule has 0 fully saturated rings. The Kier molecular flexibility index (Phi) is 3.19. The summed E-state index contributed by atoms with van der Waals surface area (Å²) in [7, 11) is -4.59. The number of alkyl halides is 2. The van der Waals surface area contributed by atoms with Crippen LogP contribution < -0.4 is 4.72 Å². The fraction of sp³-hybridized carbons (Fsp3) is 0.250. The lowest BCUT2D eigenvalue weighted by atomic mass is 11.0. The summed E-state index contributed by atoms with van der Waals surface area (Å²) in [5.41, 5.74) is 0. The number of nitrogens with zero attached hydrogens (tertiary/aromatic N) is 1. The normalized spacial score (nSPS) is 12.0. The Labute approximate surface area is 85.2 Å². The van der Waals surface area contributed by atoms with Crippen LogP contribution in [-0.2, 0) is 10.0 Å². The van der Waals surface area contributed by atoms with E-state index in [4.69, 9.17) is 0 Å². The first-order valence-corrected chi connectivity index (χ1v) is 5.98. The predicted molar refractivity (Wildman–Crippen MR) is 48.4 cm³/mol. The van der Waals surface area contributed by atoms with Gasteiger partial charge < -0.3 is 0 Å². The third-order valence-corrected chi connectivity index (χ3v) is 3.41.